The number of thiophene rings is 1. The highest BCUT2D eigenvalue weighted by Crippen LogP contribution is 2.31. The first-order valence-corrected chi connectivity index (χ1v) is 9.87. The zero-order valence-electron chi connectivity index (χ0n) is 16.1. The number of ether oxygens (including phenoxy) is 1. The summed E-state index contributed by atoms with van der Waals surface area (Å²) in [7, 11) is 1.34. The number of nitrogens with zero attached hydrogens (tertiary/aromatic N) is 1. The van der Waals surface area contributed by atoms with Crippen molar-refractivity contribution in [1.82, 2.24) is 4.57 Å². The number of benzene rings is 1. The van der Waals surface area contributed by atoms with E-state index in [1.807, 2.05) is 38.1 Å². The van der Waals surface area contributed by atoms with Gasteiger partial charge in [0.25, 0.3) is 5.91 Å². The molecule has 3 rings (SSSR count). The number of carbonyl (C=O) groups excluding carboxylic acids is 2. The van der Waals surface area contributed by atoms with E-state index in [1.165, 1.54) is 18.4 Å². The van der Waals surface area contributed by atoms with E-state index in [1.54, 1.807) is 6.07 Å². The van der Waals surface area contributed by atoms with Gasteiger partial charge in [-0.05, 0) is 38.0 Å². The number of rotatable bonds is 6. The normalized spacial score (nSPS) is 11.0. The van der Waals surface area contributed by atoms with Crippen LogP contribution in [0.25, 0.3) is 10.9 Å². The number of methoxy groups -OCH3 is 1. The van der Waals surface area contributed by atoms with Gasteiger partial charge in [-0.2, -0.15) is 0 Å². The maximum absolute atomic E-state index is 13.2. The topological polar surface area (TPSA) is 60.3 Å². The quantitative estimate of drug-likeness (QED) is 0.597. The van der Waals surface area contributed by atoms with Crippen molar-refractivity contribution in [3.8, 4) is 0 Å². The van der Waals surface area contributed by atoms with Crippen molar-refractivity contribution in [1.29, 1.82) is 0 Å². The van der Waals surface area contributed by atoms with Crippen molar-refractivity contribution < 1.29 is 14.3 Å². The molecule has 0 aliphatic rings. The summed E-state index contributed by atoms with van der Waals surface area (Å²) in [6.07, 6.45) is 2.03. The van der Waals surface area contributed by atoms with Gasteiger partial charge in [0.2, 0.25) is 0 Å². The molecule has 1 amide bonds. The van der Waals surface area contributed by atoms with Crippen LogP contribution < -0.4 is 5.32 Å². The Labute approximate surface area is 163 Å². The fraction of sp³-hybridized carbons (Fsp3) is 0.333. The summed E-state index contributed by atoms with van der Waals surface area (Å²) in [6, 6.07) is 9.80. The van der Waals surface area contributed by atoms with Crippen molar-refractivity contribution in [2.45, 2.75) is 40.2 Å². The van der Waals surface area contributed by atoms with E-state index in [-0.39, 0.29) is 5.91 Å². The third kappa shape index (κ3) is 3.62. The molecule has 5 nitrogen and oxygen atoms in total. The van der Waals surface area contributed by atoms with Gasteiger partial charge in [-0.25, -0.2) is 4.79 Å². The number of hydrogen-bond donors (Lipinski definition) is 1. The molecule has 0 bridgehead atoms. The molecule has 0 fully saturated rings. The lowest BCUT2D eigenvalue weighted by atomic mass is 10.1. The Bertz CT molecular complexity index is 1000. The molecule has 0 saturated carbocycles. The molecule has 2 heterocycles. The van der Waals surface area contributed by atoms with E-state index < -0.39 is 5.97 Å². The predicted molar refractivity (Wildman–Crippen MR) is 110 cm³/mol. The van der Waals surface area contributed by atoms with E-state index in [0.29, 0.717) is 16.3 Å². The molecule has 1 N–H and O–H groups in total. The molecule has 3 aromatic rings. The lowest BCUT2D eigenvalue weighted by molar-refractivity contribution is 0.0602. The van der Waals surface area contributed by atoms with E-state index in [9.17, 15) is 9.59 Å². The first kappa shape index (κ1) is 19.2. The number of para-hydroxylation sites is 1. The molecule has 1 aromatic carbocycles. The maximum atomic E-state index is 13.2. The van der Waals surface area contributed by atoms with Crippen LogP contribution in [0.5, 0.6) is 0 Å². The summed E-state index contributed by atoms with van der Waals surface area (Å²) in [6.45, 7) is 6.78. The van der Waals surface area contributed by atoms with Crippen LogP contribution in [0.15, 0.2) is 30.3 Å². The average Bonchev–Trinajstić information content (AvgIpc) is 3.17. The number of fused-ring (bicyclic) bond motifs is 1. The Hall–Kier alpha value is -2.60. The Kier molecular flexibility index (Phi) is 5.65. The lowest BCUT2D eigenvalue weighted by Crippen LogP contribution is -2.19. The van der Waals surface area contributed by atoms with Crippen LogP contribution in [0.2, 0.25) is 0 Å². The van der Waals surface area contributed by atoms with E-state index in [4.69, 9.17) is 4.74 Å². The summed E-state index contributed by atoms with van der Waals surface area (Å²) in [5.74, 6) is -0.648. The number of aromatic nitrogens is 1. The lowest BCUT2D eigenvalue weighted by Gasteiger charge is -2.11. The second-order valence-electron chi connectivity index (χ2n) is 6.54. The van der Waals surface area contributed by atoms with Gasteiger partial charge in [0, 0.05) is 22.3 Å². The number of nitrogens with one attached hydrogen (secondary N) is 1. The molecular weight excluding hydrogens is 360 g/mol. The smallest absolute Gasteiger partial charge is 0.340 e. The van der Waals surface area contributed by atoms with Crippen LogP contribution in [0.1, 0.15) is 51.1 Å². The van der Waals surface area contributed by atoms with Crippen LogP contribution in [0.3, 0.4) is 0 Å². The van der Waals surface area contributed by atoms with E-state index in [2.05, 4.69) is 16.8 Å². The summed E-state index contributed by atoms with van der Waals surface area (Å²) in [4.78, 5) is 26.1. The molecule has 0 atom stereocenters. The van der Waals surface area contributed by atoms with E-state index >= 15 is 0 Å². The van der Waals surface area contributed by atoms with Gasteiger partial charge >= 0.3 is 5.97 Å². The molecule has 2 aromatic heterocycles. The predicted octanol–water partition coefficient (Wildman–Crippen LogP) is 5.16. The molecule has 0 saturated heterocycles. The number of hydrogen-bond acceptors (Lipinski definition) is 4. The highest BCUT2D eigenvalue weighted by atomic mass is 32.1. The van der Waals surface area contributed by atoms with Gasteiger partial charge in [0.05, 0.1) is 12.7 Å². The van der Waals surface area contributed by atoms with Gasteiger partial charge in [0.1, 0.15) is 10.7 Å². The molecule has 0 radical (unpaired) electrons. The first-order valence-electron chi connectivity index (χ1n) is 9.05. The highest BCUT2D eigenvalue weighted by Gasteiger charge is 2.23. The Morgan fingerprint density at radius 2 is 1.96 bits per heavy atom. The number of unbranched alkanes of at least 4 members (excludes halogenated alkanes) is 1. The minimum atomic E-state index is -0.446. The van der Waals surface area contributed by atoms with Crippen LogP contribution >= 0.6 is 11.3 Å². The SMILES string of the molecule is CCCCn1c(C(=O)Nc2sc(C)cc2C(=O)OC)c(C)c2ccccc21. The van der Waals surface area contributed by atoms with Gasteiger partial charge in [-0.1, -0.05) is 31.5 Å². The number of carbonyl (C=O) groups is 2. The van der Waals surface area contributed by atoms with Gasteiger partial charge in [-0.3, -0.25) is 4.79 Å². The second-order valence-corrected chi connectivity index (χ2v) is 7.80. The van der Waals surface area contributed by atoms with Crippen molar-refractivity contribution in [2.24, 2.45) is 0 Å². The minimum absolute atomic E-state index is 0.202. The fourth-order valence-corrected chi connectivity index (χ4v) is 4.24. The van der Waals surface area contributed by atoms with Crippen molar-refractivity contribution in [3.05, 3.63) is 52.0 Å². The summed E-state index contributed by atoms with van der Waals surface area (Å²) >= 11 is 1.38. The molecule has 27 heavy (non-hydrogen) atoms. The number of aryl methyl sites for hydroxylation is 3. The zero-order chi connectivity index (χ0) is 19.6. The van der Waals surface area contributed by atoms with Crippen LogP contribution in [0, 0.1) is 13.8 Å². The Morgan fingerprint density at radius 3 is 2.67 bits per heavy atom. The first-order chi connectivity index (χ1) is 13.0. The van der Waals surface area contributed by atoms with Gasteiger partial charge in [0.15, 0.2) is 0 Å². The summed E-state index contributed by atoms with van der Waals surface area (Å²) in [5, 5.41) is 4.54. The van der Waals surface area contributed by atoms with Crippen molar-refractivity contribution >= 4 is 39.1 Å². The summed E-state index contributed by atoms with van der Waals surface area (Å²) < 4.78 is 6.92. The molecule has 0 spiro atoms. The number of esters is 1. The average molecular weight is 385 g/mol. The Morgan fingerprint density at radius 1 is 1.22 bits per heavy atom. The van der Waals surface area contributed by atoms with Gasteiger partial charge < -0.3 is 14.6 Å². The number of amides is 1. The maximum Gasteiger partial charge on any atom is 0.340 e. The van der Waals surface area contributed by atoms with Crippen molar-refractivity contribution in [2.75, 3.05) is 12.4 Å². The third-order valence-corrected chi connectivity index (χ3v) is 5.63. The third-order valence-electron chi connectivity index (χ3n) is 4.66. The molecule has 0 unspecified atom stereocenters. The van der Waals surface area contributed by atoms with Gasteiger partial charge in [-0.15, -0.1) is 11.3 Å². The number of anilines is 1. The molecular formula is C21H24N2O3S. The standard InChI is InChI=1S/C21H24N2O3S/c1-5-6-11-23-17-10-8-7-9-15(17)14(3)18(23)19(24)22-20-16(21(25)26-4)12-13(2)27-20/h7-10,12H,5-6,11H2,1-4H3,(H,22,24). The highest BCUT2D eigenvalue weighted by molar-refractivity contribution is 7.16. The van der Waals surface area contributed by atoms with Crippen LogP contribution in [-0.4, -0.2) is 23.6 Å². The van der Waals surface area contributed by atoms with Crippen LogP contribution in [-0.2, 0) is 11.3 Å². The zero-order valence-corrected chi connectivity index (χ0v) is 16.9. The minimum Gasteiger partial charge on any atom is -0.465 e. The largest absolute Gasteiger partial charge is 0.465 e. The second kappa shape index (κ2) is 7.96. The van der Waals surface area contributed by atoms with E-state index in [0.717, 1.165) is 40.7 Å². The molecule has 142 valence electrons. The monoisotopic (exact) mass is 384 g/mol. The van der Waals surface area contributed by atoms with Crippen molar-refractivity contribution in [3.63, 3.8) is 0 Å². The molecule has 0 aliphatic carbocycles. The Balaban J connectivity index is 2.04. The van der Waals surface area contributed by atoms with Crippen LogP contribution in [0.4, 0.5) is 5.00 Å². The fourth-order valence-electron chi connectivity index (χ4n) is 3.35. The summed E-state index contributed by atoms with van der Waals surface area (Å²) in [5.41, 5.74) is 3.05. The molecule has 6 heteroatoms. The molecule has 0 aliphatic heterocycles.